The van der Waals surface area contributed by atoms with Crippen LogP contribution in [-0.4, -0.2) is 42.0 Å². The second kappa shape index (κ2) is 7.12. The summed E-state index contributed by atoms with van der Waals surface area (Å²) in [5.41, 5.74) is 2.82. The monoisotopic (exact) mass is 349 g/mol. The van der Waals surface area contributed by atoms with E-state index in [0.29, 0.717) is 13.1 Å². The van der Waals surface area contributed by atoms with Crippen LogP contribution in [0.3, 0.4) is 0 Å². The van der Waals surface area contributed by atoms with E-state index in [9.17, 15) is 9.18 Å². The van der Waals surface area contributed by atoms with Gasteiger partial charge in [-0.15, -0.1) is 0 Å². The van der Waals surface area contributed by atoms with Gasteiger partial charge in [-0.25, -0.2) is 4.39 Å². The maximum atomic E-state index is 13.3. The number of carbonyl (C=O) groups is 1. The first-order chi connectivity index (χ1) is 12.7. The van der Waals surface area contributed by atoms with Crippen molar-refractivity contribution in [1.82, 2.24) is 9.88 Å². The summed E-state index contributed by atoms with van der Waals surface area (Å²) in [6, 6.07) is 16.4. The van der Waals surface area contributed by atoms with E-state index in [0.717, 1.165) is 35.2 Å². The number of para-hydroxylation sites is 1. The molecule has 0 N–H and O–H groups in total. The van der Waals surface area contributed by atoms with Crippen molar-refractivity contribution >= 4 is 22.5 Å². The maximum Gasteiger partial charge on any atom is 0.227 e. The molecule has 26 heavy (non-hydrogen) atoms. The summed E-state index contributed by atoms with van der Waals surface area (Å²) in [5, 5.41) is 1.12. The third kappa shape index (κ3) is 3.38. The highest BCUT2D eigenvalue weighted by Gasteiger charge is 2.22. The van der Waals surface area contributed by atoms with Crippen LogP contribution in [0.15, 0.2) is 60.8 Å². The summed E-state index contributed by atoms with van der Waals surface area (Å²) in [5.74, 6) is -0.255. The largest absolute Gasteiger partial charge is 0.366 e. The van der Waals surface area contributed by atoms with E-state index in [2.05, 4.69) is 28.1 Å². The van der Waals surface area contributed by atoms with E-state index in [-0.39, 0.29) is 18.1 Å². The minimum Gasteiger partial charge on any atom is -0.366 e. The van der Waals surface area contributed by atoms with Crippen molar-refractivity contribution in [1.29, 1.82) is 0 Å². The predicted octanol–water partition coefficient (Wildman–Crippen LogP) is 3.27. The molecule has 2 aromatic carbocycles. The standard InChI is InChI=1S/C21H20FN3O/c22-18-7-1-4-16(14-18)15-20(26)25-12-10-24(11-13-25)19-8-2-5-17-6-3-9-23-21(17)19/h1-9,14H,10-13,15H2. The zero-order valence-corrected chi connectivity index (χ0v) is 14.4. The number of pyridine rings is 1. The van der Waals surface area contributed by atoms with Crippen LogP contribution in [0.25, 0.3) is 10.9 Å². The molecule has 1 aromatic heterocycles. The smallest absolute Gasteiger partial charge is 0.227 e. The second-order valence-electron chi connectivity index (χ2n) is 6.53. The Labute approximate surface area is 151 Å². The highest BCUT2D eigenvalue weighted by atomic mass is 19.1. The van der Waals surface area contributed by atoms with Crippen LogP contribution in [-0.2, 0) is 11.2 Å². The molecule has 0 bridgehead atoms. The van der Waals surface area contributed by atoms with Crippen molar-refractivity contribution in [3.8, 4) is 0 Å². The summed E-state index contributed by atoms with van der Waals surface area (Å²) in [7, 11) is 0. The highest BCUT2D eigenvalue weighted by molar-refractivity contribution is 5.90. The fraction of sp³-hybridized carbons (Fsp3) is 0.238. The molecule has 1 amide bonds. The van der Waals surface area contributed by atoms with Crippen LogP contribution >= 0.6 is 0 Å². The molecule has 1 aliphatic rings. The summed E-state index contributed by atoms with van der Waals surface area (Å²) >= 11 is 0. The lowest BCUT2D eigenvalue weighted by atomic mass is 10.1. The molecule has 132 valence electrons. The molecule has 1 fully saturated rings. The highest BCUT2D eigenvalue weighted by Crippen LogP contribution is 2.25. The van der Waals surface area contributed by atoms with Gasteiger partial charge in [0.05, 0.1) is 17.6 Å². The van der Waals surface area contributed by atoms with Gasteiger partial charge < -0.3 is 9.80 Å². The average Bonchev–Trinajstić information content (AvgIpc) is 2.68. The van der Waals surface area contributed by atoms with Gasteiger partial charge in [-0.1, -0.05) is 30.3 Å². The molecule has 1 aliphatic heterocycles. The van der Waals surface area contributed by atoms with Gasteiger partial charge in [0.1, 0.15) is 5.82 Å². The molecule has 1 saturated heterocycles. The van der Waals surface area contributed by atoms with E-state index < -0.39 is 0 Å². The first kappa shape index (κ1) is 16.5. The van der Waals surface area contributed by atoms with Gasteiger partial charge in [0.25, 0.3) is 0 Å². The van der Waals surface area contributed by atoms with Gasteiger partial charge >= 0.3 is 0 Å². The lowest BCUT2D eigenvalue weighted by molar-refractivity contribution is -0.130. The van der Waals surface area contributed by atoms with E-state index >= 15 is 0 Å². The molecule has 2 heterocycles. The van der Waals surface area contributed by atoms with Crippen molar-refractivity contribution in [2.45, 2.75) is 6.42 Å². The molecule has 4 nitrogen and oxygen atoms in total. The van der Waals surface area contributed by atoms with Gasteiger partial charge in [-0.05, 0) is 29.8 Å². The summed E-state index contributed by atoms with van der Waals surface area (Å²) in [6.45, 7) is 2.86. The van der Waals surface area contributed by atoms with Crippen molar-refractivity contribution in [3.63, 3.8) is 0 Å². The van der Waals surface area contributed by atoms with E-state index in [1.165, 1.54) is 12.1 Å². The second-order valence-corrected chi connectivity index (χ2v) is 6.53. The molecular weight excluding hydrogens is 329 g/mol. The van der Waals surface area contributed by atoms with Crippen LogP contribution in [0.4, 0.5) is 10.1 Å². The van der Waals surface area contributed by atoms with E-state index in [1.807, 2.05) is 23.2 Å². The Hall–Kier alpha value is -2.95. The molecular formula is C21H20FN3O. The zero-order valence-electron chi connectivity index (χ0n) is 14.4. The first-order valence-electron chi connectivity index (χ1n) is 8.81. The van der Waals surface area contributed by atoms with Crippen LogP contribution in [0.1, 0.15) is 5.56 Å². The normalized spacial score (nSPS) is 14.7. The zero-order chi connectivity index (χ0) is 17.9. The number of carbonyl (C=O) groups excluding carboxylic acids is 1. The Morgan fingerprint density at radius 3 is 2.58 bits per heavy atom. The Morgan fingerprint density at radius 2 is 1.77 bits per heavy atom. The minimum atomic E-state index is -0.302. The topological polar surface area (TPSA) is 36.4 Å². The van der Waals surface area contributed by atoms with Gasteiger partial charge in [-0.3, -0.25) is 9.78 Å². The number of hydrogen-bond acceptors (Lipinski definition) is 3. The van der Waals surface area contributed by atoms with Crippen LogP contribution in [0, 0.1) is 5.82 Å². The summed E-state index contributed by atoms with van der Waals surface area (Å²) < 4.78 is 13.3. The van der Waals surface area contributed by atoms with Crippen molar-refractivity contribution in [3.05, 3.63) is 72.2 Å². The lowest BCUT2D eigenvalue weighted by Gasteiger charge is -2.36. The third-order valence-electron chi connectivity index (χ3n) is 4.83. The van der Waals surface area contributed by atoms with E-state index in [4.69, 9.17) is 0 Å². The van der Waals surface area contributed by atoms with Gasteiger partial charge in [0.2, 0.25) is 5.91 Å². The average molecular weight is 349 g/mol. The molecule has 0 unspecified atom stereocenters. The predicted molar refractivity (Wildman–Crippen MR) is 101 cm³/mol. The number of nitrogens with zero attached hydrogens (tertiary/aromatic N) is 3. The minimum absolute atomic E-state index is 0.0475. The number of fused-ring (bicyclic) bond motifs is 1. The number of rotatable bonds is 3. The number of hydrogen-bond donors (Lipinski definition) is 0. The number of benzene rings is 2. The number of aromatic nitrogens is 1. The molecule has 5 heteroatoms. The number of piperazine rings is 1. The van der Waals surface area contributed by atoms with Gasteiger partial charge in [0, 0.05) is 37.8 Å². The fourth-order valence-electron chi connectivity index (χ4n) is 3.47. The van der Waals surface area contributed by atoms with Crippen molar-refractivity contribution < 1.29 is 9.18 Å². The SMILES string of the molecule is O=C(Cc1cccc(F)c1)N1CCN(c2cccc3cccnc23)CC1. The molecule has 0 saturated carbocycles. The summed E-state index contributed by atoms with van der Waals surface area (Å²) in [6.07, 6.45) is 2.05. The quantitative estimate of drug-likeness (QED) is 0.728. The van der Waals surface area contributed by atoms with Crippen LogP contribution in [0.5, 0.6) is 0 Å². The van der Waals surface area contributed by atoms with Crippen LogP contribution in [0.2, 0.25) is 0 Å². The molecule has 4 rings (SSSR count). The van der Waals surface area contributed by atoms with Crippen molar-refractivity contribution in [2.24, 2.45) is 0 Å². The molecule has 0 atom stereocenters. The van der Waals surface area contributed by atoms with Gasteiger partial charge in [0.15, 0.2) is 0 Å². The molecule has 0 radical (unpaired) electrons. The Kier molecular flexibility index (Phi) is 4.52. The molecule has 0 aliphatic carbocycles. The number of amides is 1. The Balaban J connectivity index is 1.43. The molecule has 0 spiro atoms. The maximum absolute atomic E-state index is 13.3. The summed E-state index contributed by atoms with van der Waals surface area (Å²) in [4.78, 5) is 21.2. The number of anilines is 1. The molecule has 3 aromatic rings. The Morgan fingerprint density at radius 1 is 1.00 bits per heavy atom. The van der Waals surface area contributed by atoms with Crippen LogP contribution < -0.4 is 4.90 Å². The first-order valence-corrected chi connectivity index (χ1v) is 8.81. The Bertz CT molecular complexity index is 930. The fourth-order valence-corrected chi connectivity index (χ4v) is 3.47. The van der Waals surface area contributed by atoms with Gasteiger partial charge in [-0.2, -0.15) is 0 Å². The third-order valence-corrected chi connectivity index (χ3v) is 4.83. The van der Waals surface area contributed by atoms with E-state index in [1.54, 1.807) is 12.1 Å². The van der Waals surface area contributed by atoms with Crippen molar-refractivity contribution in [2.75, 3.05) is 31.1 Å². The lowest BCUT2D eigenvalue weighted by Crippen LogP contribution is -2.49. The number of halogens is 1.